The number of benzene rings is 1. The Balaban J connectivity index is 2.00. The number of fused-ring (bicyclic) bond motifs is 1. The molecule has 1 aromatic heterocycles. The topological polar surface area (TPSA) is 29.9 Å². The molecule has 1 N–H and O–H groups in total. The molecule has 3 nitrogen and oxygen atoms in total. The third-order valence-corrected chi connectivity index (χ3v) is 3.87. The van der Waals surface area contributed by atoms with Crippen molar-refractivity contribution in [2.75, 3.05) is 6.54 Å². The van der Waals surface area contributed by atoms with Crippen molar-refractivity contribution in [1.82, 2.24) is 14.9 Å². The zero-order chi connectivity index (χ0) is 13.4. The van der Waals surface area contributed by atoms with Gasteiger partial charge in [0.25, 0.3) is 0 Å². The summed E-state index contributed by atoms with van der Waals surface area (Å²) < 4.78 is 2.47. The molecule has 0 amide bonds. The molecule has 3 heteroatoms. The van der Waals surface area contributed by atoms with Gasteiger partial charge in [-0.05, 0) is 50.9 Å². The van der Waals surface area contributed by atoms with Gasteiger partial charge in [0.2, 0.25) is 0 Å². The van der Waals surface area contributed by atoms with Crippen molar-refractivity contribution in [3.05, 3.63) is 29.6 Å². The van der Waals surface area contributed by atoms with E-state index in [1.54, 1.807) is 0 Å². The summed E-state index contributed by atoms with van der Waals surface area (Å²) in [6, 6.07) is 7.81. The lowest BCUT2D eigenvalue weighted by Gasteiger charge is -2.13. The molecule has 1 aliphatic rings. The van der Waals surface area contributed by atoms with Crippen LogP contribution in [0.4, 0.5) is 0 Å². The highest BCUT2D eigenvalue weighted by Gasteiger charge is 2.28. The van der Waals surface area contributed by atoms with Gasteiger partial charge in [-0.25, -0.2) is 4.98 Å². The molecule has 1 aromatic carbocycles. The second-order valence-electron chi connectivity index (χ2n) is 5.78. The first kappa shape index (κ1) is 12.7. The standard InChI is InChI=1S/C16H23N3/c1-4-17-12(3)10-16-18-14-9-11(2)5-8-15(14)19(16)13-6-7-13/h5,8-9,12-13,17H,4,6-7,10H2,1-3H3. The van der Waals surface area contributed by atoms with Gasteiger partial charge >= 0.3 is 0 Å². The van der Waals surface area contributed by atoms with Gasteiger partial charge < -0.3 is 9.88 Å². The molecular formula is C16H23N3. The van der Waals surface area contributed by atoms with Gasteiger partial charge in [0.05, 0.1) is 11.0 Å². The Kier molecular flexibility index (Phi) is 3.31. The molecule has 19 heavy (non-hydrogen) atoms. The van der Waals surface area contributed by atoms with Crippen LogP contribution in [0.2, 0.25) is 0 Å². The fourth-order valence-electron chi connectivity index (χ4n) is 2.84. The lowest BCUT2D eigenvalue weighted by Crippen LogP contribution is -2.28. The number of hydrogen-bond donors (Lipinski definition) is 1. The van der Waals surface area contributed by atoms with Crippen LogP contribution in [0, 0.1) is 6.92 Å². The van der Waals surface area contributed by atoms with Crippen molar-refractivity contribution in [3.8, 4) is 0 Å². The Bertz CT molecular complexity index is 581. The highest BCUT2D eigenvalue weighted by molar-refractivity contribution is 5.77. The Morgan fingerprint density at radius 2 is 2.21 bits per heavy atom. The number of nitrogens with one attached hydrogen (secondary N) is 1. The third kappa shape index (κ3) is 2.52. The van der Waals surface area contributed by atoms with Crippen LogP contribution in [0.15, 0.2) is 18.2 Å². The van der Waals surface area contributed by atoms with E-state index in [0.717, 1.165) is 18.5 Å². The van der Waals surface area contributed by atoms with Crippen molar-refractivity contribution in [1.29, 1.82) is 0 Å². The van der Waals surface area contributed by atoms with Crippen LogP contribution in [0.25, 0.3) is 11.0 Å². The first-order chi connectivity index (χ1) is 9.19. The van der Waals surface area contributed by atoms with E-state index in [1.807, 2.05) is 0 Å². The molecule has 3 rings (SSSR count). The van der Waals surface area contributed by atoms with Crippen molar-refractivity contribution >= 4 is 11.0 Å². The van der Waals surface area contributed by atoms with E-state index in [0.29, 0.717) is 12.1 Å². The summed E-state index contributed by atoms with van der Waals surface area (Å²) in [5, 5.41) is 3.48. The summed E-state index contributed by atoms with van der Waals surface area (Å²) in [5.41, 5.74) is 3.76. The van der Waals surface area contributed by atoms with Crippen LogP contribution in [0.3, 0.4) is 0 Å². The Morgan fingerprint density at radius 1 is 1.42 bits per heavy atom. The molecular weight excluding hydrogens is 234 g/mol. The molecule has 1 atom stereocenters. The van der Waals surface area contributed by atoms with Gasteiger partial charge in [-0.2, -0.15) is 0 Å². The molecule has 0 spiro atoms. The monoisotopic (exact) mass is 257 g/mol. The molecule has 2 aromatic rings. The number of likely N-dealkylation sites (N-methyl/N-ethyl adjacent to an activating group) is 1. The molecule has 1 unspecified atom stereocenters. The molecule has 1 saturated carbocycles. The van der Waals surface area contributed by atoms with Crippen LogP contribution in [-0.2, 0) is 6.42 Å². The number of aryl methyl sites for hydroxylation is 1. The minimum absolute atomic E-state index is 0.486. The molecule has 0 radical (unpaired) electrons. The molecule has 102 valence electrons. The average Bonchev–Trinajstić information content (AvgIpc) is 3.12. The first-order valence-corrected chi connectivity index (χ1v) is 7.40. The normalized spacial score (nSPS) is 17.0. The summed E-state index contributed by atoms with van der Waals surface area (Å²) in [7, 11) is 0. The van der Waals surface area contributed by atoms with E-state index in [-0.39, 0.29) is 0 Å². The molecule has 0 bridgehead atoms. The largest absolute Gasteiger partial charge is 0.325 e. The SMILES string of the molecule is CCNC(C)Cc1nc2cc(C)ccc2n1C1CC1. The van der Waals surface area contributed by atoms with E-state index >= 15 is 0 Å². The zero-order valence-electron chi connectivity index (χ0n) is 12.1. The van der Waals surface area contributed by atoms with Gasteiger partial charge in [0, 0.05) is 18.5 Å². The van der Waals surface area contributed by atoms with Crippen LogP contribution >= 0.6 is 0 Å². The van der Waals surface area contributed by atoms with Gasteiger partial charge in [0.1, 0.15) is 5.82 Å². The molecule has 1 fully saturated rings. The number of rotatable bonds is 5. The maximum absolute atomic E-state index is 4.88. The average molecular weight is 257 g/mol. The lowest BCUT2D eigenvalue weighted by molar-refractivity contribution is 0.536. The zero-order valence-corrected chi connectivity index (χ0v) is 12.1. The molecule has 1 heterocycles. The van der Waals surface area contributed by atoms with Crippen LogP contribution in [0.5, 0.6) is 0 Å². The van der Waals surface area contributed by atoms with E-state index in [9.17, 15) is 0 Å². The van der Waals surface area contributed by atoms with Crippen LogP contribution in [0.1, 0.15) is 44.1 Å². The summed E-state index contributed by atoms with van der Waals surface area (Å²) in [6.07, 6.45) is 3.63. The predicted molar refractivity (Wildman–Crippen MR) is 79.6 cm³/mol. The van der Waals surface area contributed by atoms with E-state index in [1.165, 1.54) is 29.7 Å². The van der Waals surface area contributed by atoms with E-state index in [4.69, 9.17) is 4.98 Å². The van der Waals surface area contributed by atoms with Gasteiger partial charge in [-0.1, -0.05) is 13.0 Å². The summed E-state index contributed by atoms with van der Waals surface area (Å²) >= 11 is 0. The number of nitrogens with zero attached hydrogens (tertiary/aromatic N) is 2. The predicted octanol–water partition coefficient (Wildman–Crippen LogP) is 3.22. The number of imidazole rings is 1. The fourth-order valence-corrected chi connectivity index (χ4v) is 2.84. The van der Waals surface area contributed by atoms with E-state index in [2.05, 4.69) is 48.9 Å². The van der Waals surface area contributed by atoms with Crippen molar-refractivity contribution in [3.63, 3.8) is 0 Å². The smallest absolute Gasteiger partial charge is 0.111 e. The molecule has 1 aliphatic carbocycles. The Morgan fingerprint density at radius 3 is 2.89 bits per heavy atom. The van der Waals surface area contributed by atoms with Gasteiger partial charge in [-0.3, -0.25) is 0 Å². The molecule has 0 aliphatic heterocycles. The second kappa shape index (κ2) is 4.97. The fraction of sp³-hybridized carbons (Fsp3) is 0.562. The third-order valence-electron chi connectivity index (χ3n) is 3.87. The highest BCUT2D eigenvalue weighted by atomic mass is 15.1. The van der Waals surface area contributed by atoms with E-state index < -0.39 is 0 Å². The number of aromatic nitrogens is 2. The van der Waals surface area contributed by atoms with Crippen LogP contribution in [-0.4, -0.2) is 22.1 Å². The second-order valence-corrected chi connectivity index (χ2v) is 5.78. The Labute approximate surface area is 115 Å². The van der Waals surface area contributed by atoms with Gasteiger partial charge in [0.15, 0.2) is 0 Å². The number of hydrogen-bond acceptors (Lipinski definition) is 2. The lowest BCUT2D eigenvalue weighted by atomic mass is 10.2. The Hall–Kier alpha value is -1.35. The maximum atomic E-state index is 4.88. The maximum Gasteiger partial charge on any atom is 0.111 e. The van der Waals surface area contributed by atoms with Crippen molar-refractivity contribution in [2.45, 2.75) is 52.1 Å². The van der Waals surface area contributed by atoms with Crippen molar-refractivity contribution in [2.24, 2.45) is 0 Å². The first-order valence-electron chi connectivity index (χ1n) is 7.40. The van der Waals surface area contributed by atoms with Crippen LogP contribution < -0.4 is 5.32 Å². The minimum atomic E-state index is 0.486. The van der Waals surface area contributed by atoms with Gasteiger partial charge in [-0.15, -0.1) is 0 Å². The van der Waals surface area contributed by atoms with Crippen molar-refractivity contribution < 1.29 is 0 Å². The highest BCUT2D eigenvalue weighted by Crippen LogP contribution is 2.39. The molecule has 0 saturated heterocycles. The minimum Gasteiger partial charge on any atom is -0.325 e. The summed E-state index contributed by atoms with van der Waals surface area (Å²) in [5.74, 6) is 1.25. The summed E-state index contributed by atoms with van der Waals surface area (Å²) in [4.78, 5) is 4.88. The quantitative estimate of drug-likeness (QED) is 0.891. The summed E-state index contributed by atoms with van der Waals surface area (Å²) in [6.45, 7) is 7.55.